The van der Waals surface area contributed by atoms with Crippen LogP contribution >= 0.6 is 0 Å². The smallest absolute Gasteiger partial charge is 0.289 e. The molecule has 3 rings (SSSR count). The first-order valence-electron chi connectivity index (χ1n) is 7.07. The number of rotatable bonds is 4. The molecule has 4 nitrogen and oxygen atoms in total. The van der Waals surface area contributed by atoms with Gasteiger partial charge in [-0.15, -0.1) is 0 Å². The van der Waals surface area contributed by atoms with Gasteiger partial charge in [-0.3, -0.25) is 9.59 Å². The molecule has 0 aliphatic rings. The number of Topliss-reactive ketones (excluding diaryl/α,β-unsaturated/α-hetero) is 1. The molecule has 0 atom stereocenters. The summed E-state index contributed by atoms with van der Waals surface area (Å²) in [6, 6.07) is 14.5. The topological polar surface area (TPSA) is 65.1 Å². The summed E-state index contributed by atoms with van der Waals surface area (Å²) in [7, 11) is 0. The van der Waals surface area contributed by atoms with E-state index in [1.165, 1.54) is 12.1 Å². The van der Waals surface area contributed by atoms with Gasteiger partial charge in [-0.1, -0.05) is 24.3 Å². The number of primary amides is 1. The number of nitrogens with two attached hydrogens (primary N) is 1. The van der Waals surface area contributed by atoms with E-state index in [1.54, 1.807) is 25.1 Å². The first kappa shape index (κ1) is 15.0. The average Bonchev–Trinajstić information content (AvgIpc) is 2.81. The standard InChI is InChI=1S/C18H14FN2O2/c1-11-16(17(22)18(20)23)14-4-2-3-5-15(14)21(11)10-12-6-8-13(19)9-7-12/h2-3,5-9H,10H2,1H3,(H2,20,23). The summed E-state index contributed by atoms with van der Waals surface area (Å²) in [5, 5.41) is 0.566. The zero-order valence-corrected chi connectivity index (χ0v) is 12.5. The van der Waals surface area contributed by atoms with Gasteiger partial charge in [-0.25, -0.2) is 4.39 Å². The molecule has 2 aromatic carbocycles. The summed E-state index contributed by atoms with van der Waals surface area (Å²) in [6.45, 7) is 2.21. The maximum Gasteiger partial charge on any atom is 0.289 e. The number of carbonyl (C=O) groups excluding carboxylic acids is 2. The number of hydrogen-bond donors (Lipinski definition) is 1. The van der Waals surface area contributed by atoms with Crippen LogP contribution in [0.3, 0.4) is 0 Å². The summed E-state index contributed by atoms with van der Waals surface area (Å²) in [6.07, 6.45) is 0. The van der Waals surface area contributed by atoms with E-state index in [4.69, 9.17) is 5.73 Å². The lowest BCUT2D eigenvalue weighted by Gasteiger charge is -2.09. The third kappa shape index (κ3) is 2.61. The molecule has 3 aromatic rings. The van der Waals surface area contributed by atoms with E-state index >= 15 is 0 Å². The van der Waals surface area contributed by atoms with Gasteiger partial charge in [0.1, 0.15) is 5.82 Å². The molecule has 5 heteroatoms. The van der Waals surface area contributed by atoms with Crippen molar-refractivity contribution in [1.82, 2.24) is 4.57 Å². The number of halogens is 1. The van der Waals surface area contributed by atoms with Crippen LogP contribution in [0.2, 0.25) is 0 Å². The second kappa shape index (κ2) is 5.68. The van der Waals surface area contributed by atoms with Crippen molar-refractivity contribution in [3.8, 4) is 0 Å². The van der Waals surface area contributed by atoms with Crippen LogP contribution in [-0.4, -0.2) is 16.3 Å². The van der Waals surface area contributed by atoms with Gasteiger partial charge in [0.2, 0.25) is 0 Å². The number of benzene rings is 2. The van der Waals surface area contributed by atoms with E-state index in [0.29, 0.717) is 17.6 Å². The first-order chi connectivity index (χ1) is 11.0. The second-order valence-corrected chi connectivity index (χ2v) is 5.30. The fraction of sp³-hybridized carbons (Fsp3) is 0.111. The molecule has 1 aromatic heterocycles. The van der Waals surface area contributed by atoms with Crippen molar-refractivity contribution in [1.29, 1.82) is 0 Å². The van der Waals surface area contributed by atoms with Crippen molar-refractivity contribution < 1.29 is 14.0 Å². The highest BCUT2D eigenvalue weighted by Crippen LogP contribution is 2.27. The van der Waals surface area contributed by atoms with Crippen LogP contribution in [0.15, 0.2) is 42.5 Å². The van der Waals surface area contributed by atoms with Gasteiger partial charge in [-0.05, 0) is 36.8 Å². The van der Waals surface area contributed by atoms with E-state index in [9.17, 15) is 14.0 Å². The van der Waals surface area contributed by atoms with E-state index in [1.807, 2.05) is 16.7 Å². The van der Waals surface area contributed by atoms with Gasteiger partial charge in [0.15, 0.2) is 0 Å². The minimum absolute atomic E-state index is 0.273. The highest BCUT2D eigenvalue weighted by molar-refractivity contribution is 6.44. The van der Waals surface area contributed by atoms with Crippen molar-refractivity contribution in [3.05, 3.63) is 71.2 Å². The van der Waals surface area contributed by atoms with E-state index < -0.39 is 11.7 Å². The van der Waals surface area contributed by atoms with Gasteiger partial charge in [-0.2, -0.15) is 0 Å². The average molecular weight is 309 g/mol. The minimum Gasteiger partial charge on any atom is -0.363 e. The maximum absolute atomic E-state index is 13.0. The number of ketones is 1. The molecule has 115 valence electrons. The molecule has 0 saturated heterocycles. The largest absolute Gasteiger partial charge is 0.363 e. The monoisotopic (exact) mass is 309 g/mol. The first-order valence-corrected chi connectivity index (χ1v) is 7.07. The predicted octanol–water partition coefficient (Wildman–Crippen LogP) is 2.61. The van der Waals surface area contributed by atoms with Crippen LogP contribution in [0, 0.1) is 18.8 Å². The van der Waals surface area contributed by atoms with Crippen LogP contribution in [0.4, 0.5) is 4.39 Å². The van der Waals surface area contributed by atoms with Crippen LogP contribution in [-0.2, 0) is 11.3 Å². The van der Waals surface area contributed by atoms with Gasteiger partial charge in [0.25, 0.3) is 11.7 Å². The molecule has 1 amide bonds. The normalized spacial score (nSPS) is 10.9. The molecule has 0 spiro atoms. The third-order valence-electron chi connectivity index (χ3n) is 3.85. The zero-order valence-electron chi connectivity index (χ0n) is 12.5. The second-order valence-electron chi connectivity index (χ2n) is 5.30. The van der Waals surface area contributed by atoms with Gasteiger partial charge >= 0.3 is 0 Å². The van der Waals surface area contributed by atoms with Crippen LogP contribution in [0.25, 0.3) is 10.9 Å². The molecule has 0 saturated carbocycles. The lowest BCUT2D eigenvalue weighted by molar-refractivity contribution is -0.114. The van der Waals surface area contributed by atoms with Gasteiger partial charge in [0.05, 0.1) is 5.56 Å². The summed E-state index contributed by atoms with van der Waals surface area (Å²) in [5.41, 5.74) is 7.72. The van der Waals surface area contributed by atoms with E-state index in [2.05, 4.69) is 6.07 Å². The molecular weight excluding hydrogens is 295 g/mol. The molecule has 23 heavy (non-hydrogen) atoms. The van der Waals surface area contributed by atoms with E-state index in [-0.39, 0.29) is 11.4 Å². The van der Waals surface area contributed by atoms with E-state index in [0.717, 1.165) is 11.1 Å². The van der Waals surface area contributed by atoms with Crippen molar-refractivity contribution in [3.63, 3.8) is 0 Å². The summed E-state index contributed by atoms with van der Waals surface area (Å²) in [4.78, 5) is 23.4. The Balaban J connectivity index is 2.17. The van der Waals surface area contributed by atoms with Crippen LogP contribution in [0.5, 0.6) is 0 Å². The Hall–Kier alpha value is -2.95. The SMILES string of the molecule is Cc1c(C(=O)C(N)=O)c2[c]cccc2n1Cc1ccc(F)cc1. The molecular formula is C18H14FN2O2. The number of aromatic nitrogens is 1. The Morgan fingerprint density at radius 1 is 1.22 bits per heavy atom. The summed E-state index contributed by atoms with van der Waals surface area (Å²) >= 11 is 0. The quantitative estimate of drug-likeness (QED) is 0.595. The third-order valence-corrected chi connectivity index (χ3v) is 3.85. The molecule has 1 heterocycles. The summed E-state index contributed by atoms with van der Waals surface area (Å²) < 4.78 is 14.9. The van der Waals surface area contributed by atoms with Crippen molar-refractivity contribution in [2.24, 2.45) is 5.73 Å². The highest BCUT2D eigenvalue weighted by atomic mass is 19.1. The van der Waals surface area contributed by atoms with Crippen molar-refractivity contribution >= 4 is 22.6 Å². The fourth-order valence-corrected chi connectivity index (χ4v) is 2.73. The van der Waals surface area contributed by atoms with Gasteiger partial charge in [0, 0.05) is 23.1 Å². The fourth-order valence-electron chi connectivity index (χ4n) is 2.73. The van der Waals surface area contributed by atoms with Crippen LogP contribution < -0.4 is 5.73 Å². The number of hydrogen-bond acceptors (Lipinski definition) is 2. The maximum atomic E-state index is 13.0. The zero-order chi connectivity index (χ0) is 16.6. The highest BCUT2D eigenvalue weighted by Gasteiger charge is 2.23. The Labute approximate surface area is 132 Å². The lowest BCUT2D eigenvalue weighted by Crippen LogP contribution is -2.23. The number of carbonyl (C=O) groups is 2. The molecule has 1 radical (unpaired) electrons. The molecule has 0 aliphatic heterocycles. The minimum atomic E-state index is -0.994. The summed E-state index contributed by atoms with van der Waals surface area (Å²) in [5.74, 6) is -2.03. The Kier molecular flexibility index (Phi) is 3.70. The van der Waals surface area contributed by atoms with Gasteiger partial charge < -0.3 is 10.3 Å². The van der Waals surface area contributed by atoms with Crippen LogP contribution in [0.1, 0.15) is 21.6 Å². The Morgan fingerprint density at radius 3 is 2.57 bits per heavy atom. The lowest BCUT2D eigenvalue weighted by atomic mass is 10.1. The Bertz CT molecular complexity index is 911. The van der Waals surface area contributed by atoms with Crippen molar-refractivity contribution in [2.45, 2.75) is 13.5 Å². The number of nitrogens with zero attached hydrogens (tertiary/aromatic N) is 1. The molecule has 0 fully saturated rings. The number of amides is 1. The molecule has 0 aliphatic carbocycles. The molecule has 0 unspecified atom stereocenters. The molecule has 2 N–H and O–H groups in total. The predicted molar refractivity (Wildman–Crippen MR) is 84.5 cm³/mol. The number of fused-ring (bicyclic) bond motifs is 1. The Morgan fingerprint density at radius 2 is 1.91 bits per heavy atom. The molecule has 0 bridgehead atoms. The van der Waals surface area contributed by atoms with Crippen molar-refractivity contribution in [2.75, 3.05) is 0 Å².